The number of nitrogens with one attached hydrogen (secondary N) is 1. The number of rotatable bonds is 6. The molecule has 6 heteroatoms. The van der Waals surface area contributed by atoms with Crippen LogP contribution in [-0.4, -0.2) is 35.4 Å². The average molecular weight is 295 g/mol. The highest BCUT2D eigenvalue weighted by molar-refractivity contribution is 6.33. The van der Waals surface area contributed by atoms with Crippen molar-refractivity contribution in [3.8, 4) is 6.07 Å². The molecule has 1 heterocycles. The van der Waals surface area contributed by atoms with Crippen molar-refractivity contribution in [3.05, 3.63) is 22.8 Å². The second kappa shape index (κ2) is 7.71. The van der Waals surface area contributed by atoms with Crippen molar-refractivity contribution in [1.29, 1.82) is 5.26 Å². The lowest BCUT2D eigenvalue weighted by Gasteiger charge is -2.23. The van der Waals surface area contributed by atoms with Gasteiger partial charge in [-0.1, -0.05) is 18.5 Å². The van der Waals surface area contributed by atoms with Gasteiger partial charge in [-0.05, 0) is 19.4 Å². The molecule has 0 fully saturated rings. The average Bonchev–Trinajstić information content (AvgIpc) is 2.45. The van der Waals surface area contributed by atoms with Gasteiger partial charge in [0.05, 0.1) is 23.1 Å². The summed E-state index contributed by atoms with van der Waals surface area (Å²) < 4.78 is 0. The maximum Gasteiger partial charge on any atom is 0.255 e. The third-order valence-corrected chi connectivity index (χ3v) is 3.31. The van der Waals surface area contributed by atoms with Gasteiger partial charge < -0.3 is 10.2 Å². The van der Waals surface area contributed by atoms with E-state index in [1.165, 1.54) is 11.1 Å². The van der Waals surface area contributed by atoms with E-state index in [1.807, 2.05) is 13.8 Å². The fraction of sp³-hybridized carbons (Fsp3) is 0.500. The Kier molecular flexibility index (Phi) is 6.26. The van der Waals surface area contributed by atoms with Crippen LogP contribution in [0.4, 0.5) is 5.82 Å². The number of nitriles is 1. The van der Waals surface area contributed by atoms with Gasteiger partial charge in [-0.2, -0.15) is 5.26 Å². The molecular weight excluding hydrogens is 276 g/mol. The molecule has 108 valence electrons. The summed E-state index contributed by atoms with van der Waals surface area (Å²) in [5.41, 5.74) is 0.396. The van der Waals surface area contributed by atoms with Crippen molar-refractivity contribution < 1.29 is 4.79 Å². The van der Waals surface area contributed by atoms with Gasteiger partial charge >= 0.3 is 0 Å². The Morgan fingerprint density at radius 3 is 2.95 bits per heavy atom. The Balaban J connectivity index is 2.94. The summed E-state index contributed by atoms with van der Waals surface area (Å²) >= 11 is 6.05. The number of pyridine rings is 1. The van der Waals surface area contributed by atoms with Crippen molar-refractivity contribution in [2.24, 2.45) is 0 Å². The summed E-state index contributed by atoms with van der Waals surface area (Å²) in [4.78, 5) is 18.0. The van der Waals surface area contributed by atoms with E-state index >= 15 is 0 Å². The standard InChI is InChI=1S/C14H19ClN4O/c1-4-7-17-13-8-11(12(15)9-18-13)14(20)19(3)10(2)5-6-16/h8-10H,4-5,7H2,1-3H3,(H,17,18). The first-order valence-corrected chi connectivity index (χ1v) is 6.92. The van der Waals surface area contributed by atoms with Crippen LogP contribution in [-0.2, 0) is 0 Å². The minimum Gasteiger partial charge on any atom is -0.370 e. The van der Waals surface area contributed by atoms with Crippen molar-refractivity contribution in [2.45, 2.75) is 32.7 Å². The van der Waals surface area contributed by atoms with E-state index in [0.29, 0.717) is 16.4 Å². The maximum atomic E-state index is 12.4. The second-order valence-corrected chi connectivity index (χ2v) is 5.01. The number of hydrogen-bond donors (Lipinski definition) is 1. The lowest BCUT2D eigenvalue weighted by Crippen LogP contribution is -2.35. The third-order valence-electron chi connectivity index (χ3n) is 3.01. The molecular formula is C14H19ClN4O. The quantitative estimate of drug-likeness (QED) is 0.876. The highest BCUT2D eigenvalue weighted by Gasteiger charge is 2.20. The fourth-order valence-electron chi connectivity index (χ4n) is 1.61. The Bertz CT molecular complexity index is 512. The molecule has 0 aliphatic carbocycles. The zero-order valence-corrected chi connectivity index (χ0v) is 12.7. The van der Waals surface area contributed by atoms with Crippen LogP contribution < -0.4 is 5.32 Å². The zero-order chi connectivity index (χ0) is 15.1. The molecule has 0 bridgehead atoms. The summed E-state index contributed by atoms with van der Waals surface area (Å²) in [7, 11) is 1.67. The van der Waals surface area contributed by atoms with Crippen LogP contribution >= 0.6 is 11.6 Å². The topological polar surface area (TPSA) is 69.0 Å². The molecule has 0 radical (unpaired) electrons. The lowest BCUT2D eigenvalue weighted by molar-refractivity contribution is 0.0746. The summed E-state index contributed by atoms with van der Waals surface area (Å²) in [6, 6.07) is 3.54. The second-order valence-electron chi connectivity index (χ2n) is 4.60. The molecule has 1 amide bonds. The van der Waals surface area contributed by atoms with Gasteiger partial charge in [-0.15, -0.1) is 0 Å². The zero-order valence-electron chi connectivity index (χ0n) is 12.0. The number of amides is 1. The highest BCUT2D eigenvalue weighted by Crippen LogP contribution is 2.20. The molecule has 5 nitrogen and oxygen atoms in total. The number of halogens is 1. The first-order chi connectivity index (χ1) is 9.51. The molecule has 0 saturated heterocycles. The molecule has 0 spiro atoms. The van der Waals surface area contributed by atoms with Crippen LogP contribution in [0.3, 0.4) is 0 Å². The van der Waals surface area contributed by atoms with E-state index in [2.05, 4.69) is 16.4 Å². The van der Waals surface area contributed by atoms with E-state index < -0.39 is 0 Å². The van der Waals surface area contributed by atoms with Crippen molar-refractivity contribution >= 4 is 23.3 Å². The molecule has 1 aromatic heterocycles. The minimum atomic E-state index is -0.209. The number of carbonyl (C=O) groups is 1. The number of nitrogens with zero attached hydrogens (tertiary/aromatic N) is 3. The molecule has 0 aliphatic heterocycles. The molecule has 1 unspecified atom stereocenters. The van der Waals surface area contributed by atoms with Gasteiger partial charge in [0, 0.05) is 25.8 Å². The van der Waals surface area contributed by atoms with Crippen LogP contribution in [0.5, 0.6) is 0 Å². The predicted molar refractivity (Wildman–Crippen MR) is 79.8 cm³/mol. The first-order valence-electron chi connectivity index (χ1n) is 6.54. The Morgan fingerprint density at radius 2 is 2.35 bits per heavy atom. The molecule has 0 aliphatic rings. The number of anilines is 1. The molecule has 20 heavy (non-hydrogen) atoms. The van der Waals surface area contributed by atoms with Gasteiger partial charge in [0.15, 0.2) is 0 Å². The normalized spacial score (nSPS) is 11.6. The monoisotopic (exact) mass is 294 g/mol. The summed E-state index contributed by atoms with van der Waals surface area (Å²) in [6.07, 6.45) is 2.72. The predicted octanol–water partition coefficient (Wildman–Crippen LogP) is 2.93. The molecule has 0 saturated carbocycles. The first kappa shape index (κ1) is 16.3. The molecule has 1 atom stereocenters. The van der Waals surface area contributed by atoms with Crippen LogP contribution in [0.1, 0.15) is 37.0 Å². The lowest BCUT2D eigenvalue weighted by atomic mass is 10.1. The summed E-state index contributed by atoms with van der Waals surface area (Å²) in [6.45, 7) is 4.65. The third kappa shape index (κ3) is 4.10. The van der Waals surface area contributed by atoms with Crippen LogP contribution in [0, 0.1) is 11.3 Å². The van der Waals surface area contributed by atoms with E-state index in [9.17, 15) is 4.79 Å². The van der Waals surface area contributed by atoms with Crippen LogP contribution in [0.2, 0.25) is 5.02 Å². The van der Waals surface area contributed by atoms with Gasteiger partial charge in [0.25, 0.3) is 5.91 Å². The van der Waals surface area contributed by atoms with Crippen molar-refractivity contribution in [2.75, 3.05) is 18.9 Å². The molecule has 1 aromatic rings. The van der Waals surface area contributed by atoms with E-state index in [0.717, 1.165) is 13.0 Å². The maximum absolute atomic E-state index is 12.4. The smallest absolute Gasteiger partial charge is 0.255 e. The van der Waals surface area contributed by atoms with Gasteiger partial charge in [-0.25, -0.2) is 4.98 Å². The van der Waals surface area contributed by atoms with E-state index in [4.69, 9.17) is 16.9 Å². The Hall–Kier alpha value is -1.80. The molecule has 0 aromatic carbocycles. The summed E-state index contributed by atoms with van der Waals surface area (Å²) in [5.74, 6) is 0.417. The van der Waals surface area contributed by atoms with Gasteiger partial charge in [-0.3, -0.25) is 4.79 Å². The summed E-state index contributed by atoms with van der Waals surface area (Å²) in [5, 5.41) is 12.1. The van der Waals surface area contributed by atoms with Crippen molar-refractivity contribution in [1.82, 2.24) is 9.88 Å². The van der Waals surface area contributed by atoms with Crippen LogP contribution in [0.25, 0.3) is 0 Å². The fourth-order valence-corrected chi connectivity index (χ4v) is 1.80. The Morgan fingerprint density at radius 1 is 1.65 bits per heavy atom. The van der Waals surface area contributed by atoms with Gasteiger partial charge in [0.1, 0.15) is 5.82 Å². The highest BCUT2D eigenvalue weighted by atomic mass is 35.5. The van der Waals surface area contributed by atoms with Crippen LogP contribution in [0.15, 0.2) is 12.3 Å². The largest absolute Gasteiger partial charge is 0.370 e. The SMILES string of the molecule is CCCNc1cc(C(=O)N(C)C(C)CC#N)c(Cl)cn1. The number of carbonyl (C=O) groups excluding carboxylic acids is 1. The van der Waals surface area contributed by atoms with E-state index in [1.54, 1.807) is 13.1 Å². The number of aromatic nitrogens is 1. The van der Waals surface area contributed by atoms with Crippen molar-refractivity contribution in [3.63, 3.8) is 0 Å². The van der Waals surface area contributed by atoms with E-state index in [-0.39, 0.29) is 18.4 Å². The Labute approximate surface area is 124 Å². The molecule has 1 rings (SSSR count). The minimum absolute atomic E-state index is 0.163. The van der Waals surface area contributed by atoms with Gasteiger partial charge in [0.2, 0.25) is 0 Å². The number of hydrogen-bond acceptors (Lipinski definition) is 4. The molecule has 1 N–H and O–H groups in total.